The molecule has 0 fully saturated rings. The number of nitrogens with two attached hydrogens (primary N) is 1. The van der Waals surface area contributed by atoms with Crippen LogP contribution in [0.4, 0.5) is 8.78 Å². The lowest BCUT2D eigenvalue weighted by molar-refractivity contribution is 0.452. The van der Waals surface area contributed by atoms with Gasteiger partial charge in [0.25, 0.3) is 0 Å². The van der Waals surface area contributed by atoms with Crippen molar-refractivity contribution in [1.82, 2.24) is 5.43 Å². The molecule has 0 spiro atoms. The maximum absolute atomic E-state index is 14.2. The molecule has 2 nitrogen and oxygen atoms in total. The number of benzene rings is 2. The van der Waals surface area contributed by atoms with Gasteiger partial charge in [0.2, 0.25) is 0 Å². The molecule has 112 valence electrons. The molecule has 0 aromatic heterocycles. The molecule has 0 radical (unpaired) electrons. The molecule has 0 saturated carbocycles. The van der Waals surface area contributed by atoms with Crippen LogP contribution in [-0.4, -0.2) is 0 Å². The molecule has 2 rings (SSSR count). The van der Waals surface area contributed by atoms with Crippen LogP contribution in [0.15, 0.2) is 36.4 Å². The Labute approximate surface area is 124 Å². The Bertz CT molecular complexity index is 626. The molecule has 0 amide bonds. The van der Waals surface area contributed by atoms with E-state index < -0.39 is 17.7 Å². The van der Waals surface area contributed by atoms with Gasteiger partial charge in [-0.2, -0.15) is 0 Å². The molecule has 1 unspecified atom stereocenters. The van der Waals surface area contributed by atoms with Crippen LogP contribution in [0, 0.1) is 25.5 Å². The van der Waals surface area contributed by atoms with E-state index in [1.807, 2.05) is 25.1 Å². The second-order valence-corrected chi connectivity index (χ2v) is 5.34. The first-order valence-electron chi connectivity index (χ1n) is 6.99. The topological polar surface area (TPSA) is 38.0 Å². The maximum atomic E-state index is 14.2. The zero-order chi connectivity index (χ0) is 15.4. The van der Waals surface area contributed by atoms with Crippen LogP contribution >= 0.6 is 0 Å². The van der Waals surface area contributed by atoms with Crippen LogP contribution in [0.1, 0.15) is 34.7 Å². The fraction of sp³-hybridized carbons (Fsp3) is 0.294. The molecule has 0 saturated heterocycles. The number of aryl methyl sites for hydroxylation is 3. The molecule has 1 atom stereocenters. The van der Waals surface area contributed by atoms with Crippen molar-refractivity contribution in [2.24, 2.45) is 5.84 Å². The van der Waals surface area contributed by atoms with E-state index in [2.05, 4.69) is 11.5 Å². The van der Waals surface area contributed by atoms with Crippen molar-refractivity contribution in [2.75, 3.05) is 0 Å². The molecular weight excluding hydrogens is 270 g/mol. The number of nitrogens with one attached hydrogen (secondary N) is 1. The molecular formula is C17H20F2N2. The first-order valence-corrected chi connectivity index (χ1v) is 6.99. The van der Waals surface area contributed by atoms with Crippen molar-refractivity contribution >= 4 is 0 Å². The summed E-state index contributed by atoms with van der Waals surface area (Å²) in [6.45, 7) is 3.63. The zero-order valence-electron chi connectivity index (χ0n) is 12.3. The third-order valence-corrected chi connectivity index (χ3v) is 3.67. The second-order valence-electron chi connectivity index (χ2n) is 5.34. The third kappa shape index (κ3) is 3.65. The molecule has 0 aliphatic heterocycles. The van der Waals surface area contributed by atoms with Gasteiger partial charge in [0.15, 0.2) is 0 Å². The lowest BCUT2D eigenvalue weighted by Crippen LogP contribution is -2.30. The van der Waals surface area contributed by atoms with E-state index >= 15 is 0 Å². The molecule has 4 heteroatoms. The van der Waals surface area contributed by atoms with E-state index in [0.29, 0.717) is 18.4 Å². The minimum atomic E-state index is -0.565. The summed E-state index contributed by atoms with van der Waals surface area (Å²) in [6, 6.07) is 10.2. The monoisotopic (exact) mass is 290 g/mol. The molecule has 3 N–H and O–H groups in total. The highest BCUT2D eigenvalue weighted by Gasteiger charge is 2.20. The third-order valence-electron chi connectivity index (χ3n) is 3.67. The van der Waals surface area contributed by atoms with Gasteiger partial charge in [-0.05, 0) is 43.9 Å². The van der Waals surface area contributed by atoms with Crippen molar-refractivity contribution in [2.45, 2.75) is 32.7 Å². The van der Waals surface area contributed by atoms with Crippen molar-refractivity contribution in [3.05, 3.63) is 70.3 Å². The van der Waals surface area contributed by atoms with Gasteiger partial charge in [-0.25, -0.2) is 8.78 Å². The molecule has 21 heavy (non-hydrogen) atoms. The second kappa shape index (κ2) is 6.78. The van der Waals surface area contributed by atoms with E-state index in [9.17, 15) is 8.78 Å². The van der Waals surface area contributed by atoms with Gasteiger partial charge >= 0.3 is 0 Å². The Kier molecular flexibility index (Phi) is 5.04. The van der Waals surface area contributed by atoms with Crippen LogP contribution in [0.2, 0.25) is 0 Å². The number of halogens is 2. The summed E-state index contributed by atoms with van der Waals surface area (Å²) in [6.07, 6.45) is 1.22. The molecule has 0 aliphatic rings. The molecule has 2 aromatic carbocycles. The summed E-state index contributed by atoms with van der Waals surface area (Å²) in [4.78, 5) is 0. The summed E-state index contributed by atoms with van der Waals surface area (Å²) in [5.41, 5.74) is 5.26. The van der Waals surface area contributed by atoms with Crippen molar-refractivity contribution in [1.29, 1.82) is 0 Å². The van der Waals surface area contributed by atoms with Crippen LogP contribution in [0.3, 0.4) is 0 Å². The molecule has 0 bridgehead atoms. The average molecular weight is 290 g/mol. The van der Waals surface area contributed by atoms with Gasteiger partial charge in [0, 0.05) is 5.56 Å². The average Bonchev–Trinajstić information content (AvgIpc) is 2.46. The molecule has 0 aliphatic carbocycles. The van der Waals surface area contributed by atoms with Gasteiger partial charge in [-0.3, -0.25) is 11.3 Å². The zero-order valence-corrected chi connectivity index (χ0v) is 12.3. The van der Waals surface area contributed by atoms with Crippen molar-refractivity contribution < 1.29 is 8.78 Å². The van der Waals surface area contributed by atoms with E-state index in [4.69, 9.17) is 5.84 Å². The highest BCUT2D eigenvalue weighted by Crippen LogP contribution is 2.26. The van der Waals surface area contributed by atoms with Crippen LogP contribution < -0.4 is 11.3 Å². The smallest absolute Gasteiger partial charge is 0.133 e. The fourth-order valence-corrected chi connectivity index (χ4v) is 2.49. The summed E-state index contributed by atoms with van der Waals surface area (Å²) < 4.78 is 28.1. The number of hydrazine groups is 1. The summed E-state index contributed by atoms with van der Waals surface area (Å²) in [7, 11) is 0. The van der Waals surface area contributed by atoms with E-state index in [1.54, 1.807) is 6.92 Å². The van der Waals surface area contributed by atoms with Gasteiger partial charge < -0.3 is 0 Å². The van der Waals surface area contributed by atoms with Gasteiger partial charge in [0.1, 0.15) is 11.6 Å². The van der Waals surface area contributed by atoms with E-state index in [-0.39, 0.29) is 5.56 Å². The lowest BCUT2D eigenvalue weighted by Gasteiger charge is -2.19. The highest BCUT2D eigenvalue weighted by atomic mass is 19.1. The number of hydrogen-bond acceptors (Lipinski definition) is 2. The summed E-state index contributed by atoms with van der Waals surface area (Å²) in [5.74, 6) is 4.41. The Morgan fingerprint density at radius 2 is 1.90 bits per heavy atom. The standard InChI is InChI=1S/C17H20F2N2/c1-11-4-3-5-13(10-11)7-9-15(21-20)16-14(18)8-6-12(2)17(16)19/h3-6,8,10,15,21H,7,9,20H2,1-2H3. The van der Waals surface area contributed by atoms with E-state index in [0.717, 1.165) is 11.1 Å². The number of hydrogen-bond donors (Lipinski definition) is 2. The van der Waals surface area contributed by atoms with Crippen LogP contribution in [-0.2, 0) is 6.42 Å². The first kappa shape index (κ1) is 15.6. The normalized spacial score (nSPS) is 12.4. The Balaban J connectivity index is 2.19. The van der Waals surface area contributed by atoms with Crippen molar-refractivity contribution in [3.8, 4) is 0 Å². The SMILES string of the molecule is Cc1cccc(CCC(NN)c2c(F)ccc(C)c2F)c1. The quantitative estimate of drug-likeness (QED) is 0.650. The Hall–Kier alpha value is -1.78. The molecule has 0 heterocycles. The van der Waals surface area contributed by atoms with Gasteiger partial charge in [-0.15, -0.1) is 0 Å². The molecule has 2 aromatic rings. The fourth-order valence-electron chi connectivity index (χ4n) is 2.49. The Morgan fingerprint density at radius 3 is 2.57 bits per heavy atom. The van der Waals surface area contributed by atoms with Gasteiger partial charge in [-0.1, -0.05) is 35.9 Å². The van der Waals surface area contributed by atoms with Crippen molar-refractivity contribution in [3.63, 3.8) is 0 Å². The predicted octanol–water partition coefficient (Wildman–Crippen LogP) is 3.72. The minimum absolute atomic E-state index is 0.0187. The van der Waals surface area contributed by atoms with Crippen LogP contribution in [0.25, 0.3) is 0 Å². The lowest BCUT2D eigenvalue weighted by atomic mass is 9.96. The summed E-state index contributed by atoms with van der Waals surface area (Å²) in [5, 5.41) is 0. The highest BCUT2D eigenvalue weighted by molar-refractivity contribution is 5.30. The maximum Gasteiger partial charge on any atom is 0.133 e. The van der Waals surface area contributed by atoms with E-state index in [1.165, 1.54) is 12.1 Å². The Morgan fingerprint density at radius 1 is 1.14 bits per heavy atom. The van der Waals surface area contributed by atoms with Crippen LogP contribution in [0.5, 0.6) is 0 Å². The number of rotatable bonds is 5. The first-order chi connectivity index (χ1) is 10.0. The minimum Gasteiger partial charge on any atom is -0.271 e. The largest absolute Gasteiger partial charge is 0.271 e. The van der Waals surface area contributed by atoms with Gasteiger partial charge in [0.05, 0.1) is 6.04 Å². The summed E-state index contributed by atoms with van der Waals surface area (Å²) >= 11 is 0. The predicted molar refractivity (Wildman–Crippen MR) is 80.7 cm³/mol.